The first-order chi connectivity index (χ1) is 15.8. The second-order valence-corrected chi connectivity index (χ2v) is 11.6. The molecule has 3 rings (SSSR count). The highest BCUT2D eigenvalue weighted by Crippen LogP contribution is 2.36. The van der Waals surface area contributed by atoms with E-state index in [-0.39, 0.29) is 36.6 Å². The Bertz CT molecular complexity index is 837. The van der Waals surface area contributed by atoms with Gasteiger partial charge >= 0.3 is 13.1 Å². The van der Waals surface area contributed by atoms with E-state index in [2.05, 4.69) is 44.7 Å². The predicted molar refractivity (Wildman–Crippen MR) is 137 cm³/mol. The number of hydrogen-bond acceptors (Lipinski definition) is 5. The average Bonchev–Trinajstić information content (AvgIpc) is 3.32. The maximum Gasteiger partial charge on any atom is 0.494 e. The lowest BCUT2D eigenvalue weighted by molar-refractivity contribution is -0.149. The van der Waals surface area contributed by atoms with Crippen molar-refractivity contribution in [2.75, 3.05) is 13.2 Å². The number of aliphatic carboxylic acids is 1. The number of rotatable bonds is 9. The molecule has 188 valence electrons. The van der Waals surface area contributed by atoms with Crippen LogP contribution in [0.1, 0.15) is 79.7 Å². The summed E-state index contributed by atoms with van der Waals surface area (Å²) in [5, 5.41) is 9.96. The summed E-state index contributed by atoms with van der Waals surface area (Å²) in [6.45, 7) is 14.8. The van der Waals surface area contributed by atoms with Gasteiger partial charge in [-0.05, 0) is 72.3 Å². The summed E-state index contributed by atoms with van der Waals surface area (Å²) < 4.78 is 18.2. The molecule has 1 heterocycles. The number of carboxylic acid groups (broad SMARTS) is 1. The first-order valence-electron chi connectivity index (χ1n) is 12.5. The van der Waals surface area contributed by atoms with E-state index in [1.165, 1.54) is 0 Å². The number of carbonyl (C=O) groups is 1. The summed E-state index contributed by atoms with van der Waals surface area (Å²) in [5.74, 6) is -0.823. The third-order valence-corrected chi connectivity index (χ3v) is 7.24. The van der Waals surface area contributed by atoms with Gasteiger partial charge in [0.15, 0.2) is 0 Å². The van der Waals surface area contributed by atoms with Gasteiger partial charge in [-0.1, -0.05) is 49.3 Å². The lowest BCUT2D eigenvalue weighted by atomic mass is 9.79. The summed E-state index contributed by atoms with van der Waals surface area (Å²) in [4.78, 5) is 14.2. The molecule has 0 radical (unpaired) electrons. The lowest BCUT2D eigenvalue weighted by Crippen LogP contribution is -2.50. The fourth-order valence-electron chi connectivity index (χ4n) is 4.46. The van der Waals surface area contributed by atoms with E-state index in [4.69, 9.17) is 14.0 Å². The number of ether oxygens (including phenoxy) is 1. The minimum atomic E-state index is -0.823. The number of nitrogens with zero attached hydrogens (tertiary/aromatic N) is 1. The van der Waals surface area contributed by atoms with Crippen LogP contribution in [0.2, 0.25) is 0 Å². The molecule has 2 fully saturated rings. The molecule has 0 spiro atoms. The van der Waals surface area contributed by atoms with Gasteiger partial charge in [0.05, 0.1) is 23.4 Å². The van der Waals surface area contributed by atoms with Gasteiger partial charge in [-0.15, -0.1) is 0 Å². The van der Waals surface area contributed by atoms with Crippen LogP contribution in [0, 0.1) is 0 Å². The summed E-state index contributed by atoms with van der Waals surface area (Å²) in [6.07, 6.45) is 8.50. The molecule has 1 atom stereocenters. The van der Waals surface area contributed by atoms with Gasteiger partial charge in [0, 0.05) is 12.6 Å². The van der Waals surface area contributed by atoms with Crippen LogP contribution >= 0.6 is 0 Å². The van der Waals surface area contributed by atoms with Crippen molar-refractivity contribution in [1.82, 2.24) is 4.90 Å². The maximum atomic E-state index is 12.1. The van der Waals surface area contributed by atoms with E-state index in [0.29, 0.717) is 6.54 Å². The number of benzene rings is 1. The third kappa shape index (κ3) is 6.72. The molecule has 0 bridgehead atoms. The second-order valence-electron chi connectivity index (χ2n) is 11.6. The van der Waals surface area contributed by atoms with Crippen LogP contribution < -0.4 is 5.46 Å². The Balaban J connectivity index is 1.67. The van der Waals surface area contributed by atoms with Gasteiger partial charge in [-0.25, -0.2) is 0 Å². The average molecular weight is 471 g/mol. The van der Waals surface area contributed by atoms with Gasteiger partial charge in [-0.3, -0.25) is 9.69 Å². The second kappa shape index (κ2) is 10.5. The van der Waals surface area contributed by atoms with Crippen molar-refractivity contribution in [1.29, 1.82) is 0 Å². The van der Waals surface area contributed by atoms with Gasteiger partial charge in [0.2, 0.25) is 0 Å². The maximum absolute atomic E-state index is 12.1. The summed E-state index contributed by atoms with van der Waals surface area (Å²) in [6, 6.07) is 7.79. The molecule has 1 N–H and O–H groups in total. The van der Waals surface area contributed by atoms with Crippen molar-refractivity contribution in [3.8, 4) is 0 Å². The molecular formula is C27H42BNO5. The molecule has 2 aliphatic rings. The van der Waals surface area contributed by atoms with Gasteiger partial charge < -0.3 is 19.2 Å². The SMILES string of the molecule is CC(C)(C)OCC(C(=O)O)N(CC=Cc1ccc(B2OC(C)(C)C(C)(C)O2)cc1)C1CCCC1. The molecule has 1 saturated heterocycles. The molecule has 6 nitrogen and oxygen atoms in total. The summed E-state index contributed by atoms with van der Waals surface area (Å²) >= 11 is 0. The Kier molecular flexibility index (Phi) is 8.34. The van der Waals surface area contributed by atoms with Gasteiger partial charge in [0.1, 0.15) is 6.04 Å². The molecule has 34 heavy (non-hydrogen) atoms. The minimum Gasteiger partial charge on any atom is -0.480 e. The standard InChI is InChI=1S/C27H42BNO5/c1-25(2,3)32-19-23(24(30)31)29(22-12-8-9-13-22)18-10-11-20-14-16-21(17-15-20)28-33-26(4,5)27(6,7)34-28/h10-11,14-17,22-23H,8-9,12-13,18-19H2,1-7H3,(H,30,31). The van der Waals surface area contributed by atoms with E-state index in [9.17, 15) is 9.90 Å². The highest BCUT2D eigenvalue weighted by Gasteiger charge is 2.51. The Labute approximate surface area is 205 Å². The molecule has 1 aromatic rings. The van der Waals surface area contributed by atoms with Crippen LogP contribution in [0.4, 0.5) is 0 Å². The van der Waals surface area contributed by atoms with E-state index in [1.54, 1.807) is 0 Å². The zero-order chi connectivity index (χ0) is 25.1. The zero-order valence-corrected chi connectivity index (χ0v) is 22.0. The Morgan fingerprint density at radius 1 is 1.15 bits per heavy atom. The Hall–Kier alpha value is -1.67. The number of hydrogen-bond donors (Lipinski definition) is 1. The first-order valence-corrected chi connectivity index (χ1v) is 12.5. The minimum absolute atomic E-state index is 0.186. The van der Waals surface area contributed by atoms with E-state index in [1.807, 2.05) is 45.0 Å². The highest BCUT2D eigenvalue weighted by atomic mass is 16.7. The molecule has 1 aliphatic heterocycles. The largest absolute Gasteiger partial charge is 0.494 e. The van der Waals surface area contributed by atoms with Crippen molar-refractivity contribution in [2.24, 2.45) is 0 Å². The fourth-order valence-corrected chi connectivity index (χ4v) is 4.46. The smallest absolute Gasteiger partial charge is 0.480 e. The van der Waals surface area contributed by atoms with Gasteiger partial charge in [-0.2, -0.15) is 0 Å². The molecule has 0 amide bonds. The van der Waals surface area contributed by atoms with Crippen molar-refractivity contribution in [3.05, 3.63) is 35.9 Å². The van der Waals surface area contributed by atoms with Crippen LogP contribution in [0.3, 0.4) is 0 Å². The summed E-state index contributed by atoms with van der Waals surface area (Å²) in [5.41, 5.74) is 0.955. The number of carboxylic acids is 1. The topological polar surface area (TPSA) is 68.2 Å². The van der Waals surface area contributed by atoms with Crippen LogP contribution in [-0.2, 0) is 18.8 Å². The van der Waals surface area contributed by atoms with Crippen molar-refractivity contribution >= 4 is 24.6 Å². The Morgan fingerprint density at radius 2 is 1.71 bits per heavy atom. The third-order valence-electron chi connectivity index (χ3n) is 7.24. The Morgan fingerprint density at radius 3 is 2.21 bits per heavy atom. The first kappa shape index (κ1) is 26.9. The van der Waals surface area contributed by atoms with E-state index < -0.39 is 12.0 Å². The van der Waals surface area contributed by atoms with Crippen LogP contribution in [0.5, 0.6) is 0 Å². The van der Waals surface area contributed by atoms with Crippen LogP contribution in [-0.4, -0.2) is 65.1 Å². The van der Waals surface area contributed by atoms with Crippen molar-refractivity contribution in [3.63, 3.8) is 0 Å². The molecule has 1 aromatic carbocycles. The quantitative estimate of drug-likeness (QED) is 0.535. The molecule has 1 aliphatic carbocycles. The zero-order valence-electron chi connectivity index (χ0n) is 22.0. The highest BCUT2D eigenvalue weighted by molar-refractivity contribution is 6.62. The molecule has 0 aromatic heterocycles. The summed E-state index contributed by atoms with van der Waals surface area (Å²) in [7, 11) is -0.375. The van der Waals surface area contributed by atoms with Crippen molar-refractivity contribution in [2.45, 2.75) is 103 Å². The predicted octanol–water partition coefficient (Wildman–Crippen LogP) is 4.51. The lowest BCUT2D eigenvalue weighted by Gasteiger charge is -2.34. The fraction of sp³-hybridized carbons (Fsp3) is 0.667. The molecule has 7 heteroatoms. The van der Waals surface area contributed by atoms with Crippen LogP contribution in [0.25, 0.3) is 6.08 Å². The molecular weight excluding hydrogens is 429 g/mol. The van der Waals surface area contributed by atoms with Gasteiger partial charge in [0.25, 0.3) is 0 Å². The monoisotopic (exact) mass is 471 g/mol. The molecule has 1 unspecified atom stereocenters. The van der Waals surface area contributed by atoms with E-state index >= 15 is 0 Å². The van der Waals surface area contributed by atoms with Crippen LogP contribution in [0.15, 0.2) is 30.3 Å². The normalized spacial score (nSPS) is 21.6. The van der Waals surface area contributed by atoms with Crippen molar-refractivity contribution < 1.29 is 23.9 Å². The molecule has 1 saturated carbocycles. The van der Waals surface area contributed by atoms with E-state index in [0.717, 1.165) is 36.7 Å².